The number of aryl methyl sites for hydroxylation is 2. The largest absolute Gasteiger partial charge is 0.457 e. The smallest absolute Gasteiger partial charge is 0.316 e. The summed E-state index contributed by atoms with van der Waals surface area (Å²) in [6.07, 6.45) is 1.23. The van der Waals surface area contributed by atoms with Gasteiger partial charge in [-0.25, -0.2) is 0 Å². The van der Waals surface area contributed by atoms with Crippen molar-refractivity contribution in [3.05, 3.63) is 59.2 Å². The number of nitrogens with one attached hydrogen (secondary N) is 1. The van der Waals surface area contributed by atoms with Crippen LogP contribution in [0.2, 0.25) is 0 Å². The number of anilines is 1. The van der Waals surface area contributed by atoms with Crippen molar-refractivity contribution in [3.8, 4) is 0 Å². The summed E-state index contributed by atoms with van der Waals surface area (Å²) in [5.41, 5.74) is 3.30. The number of carbonyl (C=O) groups excluding carboxylic acids is 3. The van der Waals surface area contributed by atoms with Crippen molar-refractivity contribution in [2.75, 3.05) is 17.7 Å². The van der Waals surface area contributed by atoms with Crippen molar-refractivity contribution in [2.45, 2.75) is 38.5 Å². The van der Waals surface area contributed by atoms with Gasteiger partial charge in [0.1, 0.15) is 0 Å². The summed E-state index contributed by atoms with van der Waals surface area (Å²) in [5, 5.41) is 2.76. The summed E-state index contributed by atoms with van der Waals surface area (Å²) in [5.74, 6) is -0.615. The Hall–Kier alpha value is -2.60. The summed E-state index contributed by atoms with van der Waals surface area (Å²) in [4.78, 5) is 36.7. The van der Waals surface area contributed by atoms with E-state index < -0.39 is 5.97 Å². The van der Waals surface area contributed by atoms with Gasteiger partial charge in [0.25, 0.3) is 0 Å². The van der Waals surface area contributed by atoms with Crippen LogP contribution < -0.4 is 5.32 Å². The van der Waals surface area contributed by atoms with Gasteiger partial charge in [-0.15, -0.1) is 11.8 Å². The molecular weight excluding hydrogens is 374 g/mol. The zero-order chi connectivity index (χ0) is 20.5. The van der Waals surface area contributed by atoms with Crippen molar-refractivity contribution in [1.82, 2.24) is 0 Å². The Bertz CT molecular complexity index is 846. The lowest BCUT2D eigenvalue weighted by molar-refractivity contribution is -0.139. The second kappa shape index (κ2) is 10.7. The van der Waals surface area contributed by atoms with Crippen molar-refractivity contribution < 1.29 is 19.1 Å². The summed E-state index contributed by atoms with van der Waals surface area (Å²) >= 11 is 1.40. The molecule has 0 aliphatic heterocycles. The van der Waals surface area contributed by atoms with E-state index >= 15 is 0 Å². The van der Waals surface area contributed by atoms with E-state index in [0.717, 1.165) is 22.4 Å². The predicted octanol–water partition coefficient (Wildman–Crippen LogP) is 4.56. The summed E-state index contributed by atoms with van der Waals surface area (Å²) < 4.78 is 5.10. The molecule has 2 rings (SSSR count). The molecule has 0 spiro atoms. The van der Waals surface area contributed by atoms with E-state index in [9.17, 15) is 14.4 Å². The molecule has 1 amide bonds. The third-order valence-corrected chi connectivity index (χ3v) is 5.15. The molecule has 0 fully saturated rings. The first-order valence-electron chi connectivity index (χ1n) is 9.18. The van der Waals surface area contributed by atoms with E-state index in [-0.39, 0.29) is 24.1 Å². The van der Waals surface area contributed by atoms with Crippen LogP contribution in [0, 0.1) is 13.8 Å². The molecule has 5 nitrogen and oxygen atoms in total. The number of hydrogen-bond donors (Lipinski definition) is 1. The van der Waals surface area contributed by atoms with Gasteiger partial charge in [-0.1, -0.05) is 24.6 Å². The molecule has 148 valence electrons. The second-order valence-corrected chi connectivity index (χ2v) is 7.53. The number of amides is 1. The van der Waals surface area contributed by atoms with E-state index in [0.29, 0.717) is 17.7 Å². The van der Waals surface area contributed by atoms with Crippen molar-refractivity contribution in [3.63, 3.8) is 0 Å². The minimum Gasteiger partial charge on any atom is -0.457 e. The van der Waals surface area contributed by atoms with Crippen LogP contribution in [0.25, 0.3) is 0 Å². The van der Waals surface area contributed by atoms with Crippen LogP contribution in [0.5, 0.6) is 0 Å². The Morgan fingerprint density at radius 2 is 1.75 bits per heavy atom. The summed E-state index contributed by atoms with van der Waals surface area (Å²) in [6, 6.07) is 12.6. The van der Waals surface area contributed by atoms with Crippen LogP contribution in [0.1, 0.15) is 41.3 Å². The fraction of sp³-hybridized carbons (Fsp3) is 0.318. The van der Waals surface area contributed by atoms with Crippen LogP contribution in [0.3, 0.4) is 0 Å². The van der Waals surface area contributed by atoms with Gasteiger partial charge in [-0.3, -0.25) is 14.4 Å². The van der Waals surface area contributed by atoms with Gasteiger partial charge in [0.2, 0.25) is 5.91 Å². The molecule has 0 saturated carbocycles. The first-order chi connectivity index (χ1) is 13.4. The van der Waals surface area contributed by atoms with Crippen LogP contribution in [0.4, 0.5) is 5.69 Å². The van der Waals surface area contributed by atoms with Crippen molar-refractivity contribution >= 4 is 35.1 Å². The van der Waals surface area contributed by atoms with E-state index in [1.807, 2.05) is 39.0 Å². The highest BCUT2D eigenvalue weighted by Crippen LogP contribution is 2.23. The maximum absolute atomic E-state index is 12.2. The Morgan fingerprint density at radius 1 is 1.04 bits per heavy atom. The normalized spacial score (nSPS) is 10.4. The quantitative estimate of drug-likeness (QED) is 0.380. The zero-order valence-electron chi connectivity index (χ0n) is 16.4. The molecule has 0 bridgehead atoms. The van der Waals surface area contributed by atoms with E-state index in [4.69, 9.17) is 4.74 Å². The average Bonchev–Trinajstić information content (AvgIpc) is 2.67. The monoisotopic (exact) mass is 399 g/mol. The molecule has 2 aromatic rings. The summed E-state index contributed by atoms with van der Waals surface area (Å²) in [7, 11) is 0. The number of Topliss-reactive ketones (excluding diaryl/α,β-unsaturated/α-hetero) is 1. The second-order valence-electron chi connectivity index (χ2n) is 6.52. The maximum Gasteiger partial charge on any atom is 0.316 e. The van der Waals surface area contributed by atoms with Gasteiger partial charge in [-0.2, -0.15) is 0 Å². The molecular formula is C22H25NO4S. The molecule has 2 aromatic carbocycles. The number of hydrogen-bond acceptors (Lipinski definition) is 5. The molecule has 1 N–H and O–H groups in total. The number of rotatable bonds is 9. The van der Waals surface area contributed by atoms with Gasteiger partial charge in [0.15, 0.2) is 12.4 Å². The molecule has 0 aliphatic carbocycles. The van der Waals surface area contributed by atoms with E-state index in [1.54, 1.807) is 24.3 Å². The van der Waals surface area contributed by atoms with Gasteiger partial charge < -0.3 is 10.1 Å². The molecule has 0 heterocycles. The molecule has 28 heavy (non-hydrogen) atoms. The number of esters is 1. The summed E-state index contributed by atoms with van der Waals surface area (Å²) in [6.45, 7) is 5.63. The lowest BCUT2D eigenvalue weighted by Gasteiger charge is -2.08. The highest BCUT2D eigenvalue weighted by molar-refractivity contribution is 8.00. The molecule has 0 saturated heterocycles. The van der Waals surface area contributed by atoms with Crippen LogP contribution in [0.15, 0.2) is 47.4 Å². The molecule has 0 atom stereocenters. The lowest BCUT2D eigenvalue weighted by Crippen LogP contribution is -2.16. The average molecular weight is 400 g/mol. The fourth-order valence-electron chi connectivity index (χ4n) is 2.46. The molecule has 0 unspecified atom stereocenters. The SMILES string of the molecule is CCCC(=O)Nc1ccc(C(=O)COC(=O)CSc2cc(C)ccc2C)cc1. The van der Waals surface area contributed by atoms with Gasteiger partial charge in [-0.05, 0) is 56.2 Å². The number of ketones is 1. The van der Waals surface area contributed by atoms with Crippen LogP contribution in [-0.4, -0.2) is 30.0 Å². The number of ether oxygens (including phenoxy) is 1. The molecule has 0 aromatic heterocycles. The highest BCUT2D eigenvalue weighted by atomic mass is 32.2. The predicted molar refractivity (Wildman–Crippen MR) is 112 cm³/mol. The standard InChI is InChI=1S/C22H25NO4S/c1-4-5-21(25)23-18-10-8-17(9-11-18)19(24)13-27-22(26)14-28-20-12-15(2)6-7-16(20)3/h6-12H,4-5,13-14H2,1-3H3,(H,23,25). The van der Waals surface area contributed by atoms with Gasteiger partial charge in [0, 0.05) is 22.6 Å². The maximum atomic E-state index is 12.2. The lowest BCUT2D eigenvalue weighted by atomic mass is 10.1. The first kappa shape index (κ1) is 21.7. The number of carbonyl (C=O) groups is 3. The van der Waals surface area contributed by atoms with Crippen molar-refractivity contribution in [1.29, 1.82) is 0 Å². The Labute approximate surface area is 169 Å². The third kappa shape index (κ3) is 6.85. The van der Waals surface area contributed by atoms with E-state index in [1.165, 1.54) is 11.8 Å². The van der Waals surface area contributed by atoms with Crippen LogP contribution >= 0.6 is 11.8 Å². The zero-order valence-corrected chi connectivity index (χ0v) is 17.2. The van der Waals surface area contributed by atoms with Crippen molar-refractivity contribution in [2.24, 2.45) is 0 Å². The topological polar surface area (TPSA) is 72.5 Å². The fourth-order valence-corrected chi connectivity index (χ4v) is 3.38. The number of thioether (sulfide) groups is 1. The Morgan fingerprint density at radius 3 is 2.43 bits per heavy atom. The van der Waals surface area contributed by atoms with Gasteiger partial charge >= 0.3 is 5.97 Å². The molecule has 0 aliphatic rings. The highest BCUT2D eigenvalue weighted by Gasteiger charge is 2.12. The first-order valence-corrected chi connectivity index (χ1v) is 10.2. The third-order valence-electron chi connectivity index (χ3n) is 4.02. The minimum absolute atomic E-state index is 0.0585. The molecule has 0 radical (unpaired) electrons. The van der Waals surface area contributed by atoms with E-state index in [2.05, 4.69) is 5.32 Å². The Kier molecular flexibility index (Phi) is 8.26. The number of benzene rings is 2. The Balaban J connectivity index is 1.80. The minimum atomic E-state index is -0.428. The molecule has 6 heteroatoms. The van der Waals surface area contributed by atoms with Crippen LogP contribution in [-0.2, 0) is 14.3 Å². The van der Waals surface area contributed by atoms with Gasteiger partial charge in [0.05, 0.1) is 5.75 Å².